The molecule has 4 nitrogen and oxygen atoms in total. The Bertz CT molecular complexity index is 581. The molecule has 2 aromatic rings. The SMILES string of the molecule is CCNC(=O)c1ccc(C)c(NC(C)c2nccs2)c1. The lowest BCUT2D eigenvalue weighted by Crippen LogP contribution is -2.22. The minimum Gasteiger partial charge on any atom is -0.376 e. The van der Waals surface area contributed by atoms with Crippen molar-refractivity contribution in [2.75, 3.05) is 11.9 Å². The van der Waals surface area contributed by atoms with E-state index in [1.165, 1.54) is 0 Å². The summed E-state index contributed by atoms with van der Waals surface area (Å²) in [6, 6.07) is 5.82. The third kappa shape index (κ3) is 3.36. The summed E-state index contributed by atoms with van der Waals surface area (Å²) >= 11 is 1.62. The summed E-state index contributed by atoms with van der Waals surface area (Å²) in [5.41, 5.74) is 2.75. The molecule has 0 saturated heterocycles. The molecule has 0 radical (unpaired) electrons. The summed E-state index contributed by atoms with van der Waals surface area (Å²) in [6.45, 7) is 6.64. The van der Waals surface area contributed by atoms with Crippen LogP contribution in [0.15, 0.2) is 29.8 Å². The van der Waals surface area contributed by atoms with Crippen molar-refractivity contribution in [1.29, 1.82) is 0 Å². The first kappa shape index (κ1) is 14.5. The maximum Gasteiger partial charge on any atom is 0.251 e. The molecule has 106 valence electrons. The minimum absolute atomic E-state index is 0.0440. The van der Waals surface area contributed by atoms with Crippen molar-refractivity contribution < 1.29 is 4.79 Å². The van der Waals surface area contributed by atoms with Gasteiger partial charge in [0.2, 0.25) is 0 Å². The summed E-state index contributed by atoms with van der Waals surface area (Å²) in [5.74, 6) is -0.0440. The molecule has 2 rings (SSSR count). The fourth-order valence-corrected chi connectivity index (χ4v) is 2.57. The number of aromatic nitrogens is 1. The summed E-state index contributed by atoms with van der Waals surface area (Å²) in [7, 11) is 0. The molecule has 1 aromatic carbocycles. The second-order valence-corrected chi connectivity index (χ2v) is 5.55. The van der Waals surface area contributed by atoms with Gasteiger partial charge in [-0.05, 0) is 38.5 Å². The number of carbonyl (C=O) groups is 1. The number of aryl methyl sites for hydroxylation is 1. The molecule has 1 unspecified atom stereocenters. The van der Waals surface area contributed by atoms with Gasteiger partial charge in [-0.25, -0.2) is 4.98 Å². The Balaban J connectivity index is 2.18. The number of nitrogens with zero attached hydrogens (tertiary/aromatic N) is 1. The minimum atomic E-state index is -0.0440. The fraction of sp³-hybridized carbons (Fsp3) is 0.333. The highest BCUT2D eigenvalue weighted by atomic mass is 32.1. The zero-order valence-corrected chi connectivity index (χ0v) is 12.8. The van der Waals surface area contributed by atoms with Crippen molar-refractivity contribution in [3.05, 3.63) is 45.9 Å². The Labute approximate surface area is 123 Å². The zero-order valence-electron chi connectivity index (χ0n) is 11.9. The lowest BCUT2D eigenvalue weighted by Gasteiger charge is -2.16. The Morgan fingerprint density at radius 3 is 2.90 bits per heavy atom. The predicted octanol–water partition coefficient (Wildman–Crippen LogP) is 3.37. The van der Waals surface area contributed by atoms with E-state index in [1.807, 2.05) is 37.4 Å². The highest BCUT2D eigenvalue weighted by molar-refractivity contribution is 7.09. The molecule has 1 atom stereocenters. The highest BCUT2D eigenvalue weighted by Crippen LogP contribution is 2.24. The third-order valence-corrected chi connectivity index (χ3v) is 3.99. The van der Waals surface area contributed by atoms with Crippen molar-refractivity contribution >= 4 is 22.9 Å². The van der Waals surface area contributed by atoms with E-state index in [2.05, 4.69) is 22.5 Å². The molecule has 0 spiro atoms. The first-order valence-corrected chi connectivity index (χ1v) is 7.54. The molecule has 1 amide bonds. The molecule has 0 fully saturated rings. The Hall–Kier alpha value is -1.88. The van der Waals surface area contributed by atoms with Gasteiger partial charge in [0.05, 0.1) is 6.04 Å². The molecule has 0 bridgehead atoms. The van der Waals surface area contributed by atoms with Gasteiger partial charge in [0, 0.05) is 29.4 Å². The lowest BCUT2D eigenvalue weighted by molar-refractivity contribution is 0.0956. The van der Waals surface area contributed by atoms with Gasteiger partial charge in [-0.1, -0.05) is 6.07 Å². The van der Waals surface area contributed by atoms with E-state index in [0.29, 0.717) is 12.1 Å². The lowest BCUT2D eigenvalue weighted by atomic mass is 10.1. The third-order valence-electron chi connectivity index (χ3n) is 3.03. The first-order valence-electron chi connectivity index (χ1n) is 6.66. The molecule has 2 N–H and O–H groups in total. The molecule has 1 heterocycles. The van der Waals surface area contributed by atoms with E-state index in [-0.39, 0.29) is 11.9 Å². The molecular formula is C15H19N3OS. The van der Waals surface area contributed by atoms with Gasteiger partial charge in [0.15, 0.2) is 0 Å². The van der Waals surface area contributed by atoms with Gasteiger partial charge in [-0.3, -0.25) is 4.79 Å². The van der Waals surface area contributed by atoms with Crippen molar-refractivity contribution in [2.24, 2.45) is 0 Å². The van der Waals surface area contributed by atoms with Gasteiger partial charge < -0.3 is 10.6 Å². The van der Waals surface area contributed by atoms with E-state index >= 15 is 0 Å². The van der Waals surface area contributed by atoms with Crippen LogP contribution in [0.1, 0.15) is 40.8 Å². The van der Waals surface area contributed by atoms with E-state index in [1.54, 1.807) is 17.5 Å². The van der Waals surface area contributed by atoms with Gasteiger partial charge in [0.25, 0.3) is 5.91 Å². The average molecular weight is 289 g/mol. The molecular weight excluding hydrogens is 270 g/mol. The van der Waals surface area contributed by atoms with Crippen LogP contribution >= 0.6 is 11.3 Å². The number of nitrogens with one attached hydrogen (secondary N) is 2. The van der Waals surface area contributed by atoms with Crippen molar-refractivity contribution in [2.45, 2.75) is 26.8 Å². The van der Waals surface area contributed by atoms with Crippen LogP contribution in [0.25, 0.3) is 0 Å². The Morgan fingerprint density at radius 2 is 2.25 bits per heavy atom. The monoisotopic (exact) mass is 289 g/mol. The summed E-state index contributed by atoms with van der Waals surface area (Å²) in [5, 5.41) is 9.23. The standard InChI is InChI=1S/C15H19N3OS/c1-4-16-14(19)12-6-5-10(2)13(9-12)18-11(3)15-17-7-8-20-15/h5-9,11,18H,4H2,1-3H3,(H,16,19). The molecule has 5 heteroatoms. The summed E-state index contributed by atoms with van der Waals surface area (Å²) in [4.78, 5) is 16.2. The number of amides is 1. The quantitative estimate of drug-likeness (QED) is 0.887. The number of thiazole rings is 1. The normalized spacial score (nSPS) is 11.9. The number of hydrogen-bond donors (Lipinski definition) is 2. The highest BCUT2D eigenvalue weighted by Gasteiger charge is 2.11. The van der Waals surface area contributed by atoms with E-state index in [9.17, 15) is 4.79 Å². The van der Waals surface area contributed by atoms with Gasteiger partial charge in [0.1, 0.15) is 5.01 Å². The Kier molecular flexibility index (Phi) is 4.74. The van der Waals surface area contributed by atoms with Crippen molar-refractivity contribution in [3.8, 4) is 0 Å². The fourth-order valence-electron chi connectivity index (χ4n) is 1.92. The topological polar surface area (TPSA) is 54.0 Å². The first-order chi connectivity index (χ1) is 9.61. The molecule has 20 heavy (non-hydrogen) atoms. The van der Waals surface area contributed by atoms with E-state index in [4.69, 9.17) is 0 Å². The average Bonchev–Trinajstić information content (AvgIpc) is 2.95. The largest absolute Gasteiger partial charge is 0.376 e. The molecule has 0 aliphatic heterocycles. The zero-order chi connectivity index (χ0) is 14.5. The molecule has 1 aromatic heterocycles. The number of anilines is 1. The Morgan fingerprint density at radius 1 is 1.45 bits per heavy atom. The van der Waals surface area contributed by atoms with E-state index in [0.717, 1.165) is 16.3 Å². The molecule has 0 aliphatic rings. The smallest absolute Gasteiger partial charge is 0.251 e. The van der Waals surface area contributed by atoms with Crippen LogP contribution in [0, 0.1) is 6.92 Å². The maximum atomic E-state index is 11.9. The van der Waals surface area contributed by atoms with Crippen LogP contribution < -0.4 is 10.6 Å². The number of benzene rings is 1. The number of carbonyl (C=O) groups excluding carboxylic acids is 1. The maximum absolute atomic E-state index is 11.9. The number of hydrogen-bond acceptors (Lipinski definition) is 4. The van der Waals surface area contributed by atoms with Crippen molar-refractivity contribution in [3.63, 3.8) is 0 Å². The summed E-state index contributed by atoms with van der Waals surface area (Å²) < 4.78 is 0. The second-order valence-electron chi connectivity index (χ2n) is 4.63. The van der Waals surface area contributed by atoms with Crippen LogP contribution in [0.3, 0.4) is 0 Å². The van der Waals surface area contributed by atoms with Crippen LogP contribution in [-0.2, 0) is 0 Å². The second kappa shape index (κ2) is 6.52. The van der Waals surface area contributed by atoms with Crippen LogP contribution in [0.2, 0.25) is 0 Å². The van der Waals surface area contributed by atoms with Gasteiger partial charge >= 0.3 is 0 Å². The predicted molar refractivity (Wildman–Crippen MR) is 83.3 cm³/mol. The summed E-state index contributed by atoms with van der Waals surface area (Å²) in [6.07, 6.45) is 1.80. The number of rotatable bonds is 5. The van der Waals surface area contributed by atoms with Crippen LogP contribution in [0.4, 0.5) is 5.69 Å². The van der Waals surface area contributed by atoms with Crippen molar-refractivity contribution in [1.82, 2.24) is 10.3 Å². The van der Waals surface area contributed by atoms with Gasteiger partial charge in [-0.15, -0.1) is 11.3 Å². The van der Waals surface area contributed by atoms with Crippen LogP contribution in [-0.4, -0.2) is 17.4 Å². The van der Waals surface area contributed by atoms with Gasteiger partial charge in [-0.2, -0.15) is 0 Å². The van der Waals surface area contributed by atoms with Crippen LogP contribution in [0.5, 0.6) is 0 Å². The molecule has 0 saturated carbocycles. The molecule has 0 aliphatic carbocycles. The van der Waals surface area contributed by atoms with E-state index < -0.39 is 0 Å².